The normalized spacial score (nSPS) is 12.0. The number of ether oxygens (including phenoxy) is 1. The van der Waals surface area contributed by atoms with Crippen LogP contribution >= 0.6 is 11.8 Å². The molecule has 0 aromatic carbocycles. The molecule has 0 aliphatic heterocycles. The third-order valence-electron chi connectivity index (χ3n) is 2.82. The van der Waals surface area contributed by atoms with Gasteiger partial charge in [-0.15, -0.1) is 13.2 Å². The first kappa shape index (κ1) is 23.0. The fourth-order valence-electron chi connectivity index (χ4n) is 1.75. The summed E-state index contributed by atoms with van der Waals surface area (Å²) in [6.07, 6.45) is 2.69. The number of hydrogen-bond donors (Lipinski definition) is 2. The number of carbonyl (C=O) groups excluding carboxylic acids is 2. The van der Waals surface area contributed by atoms with E-state index in [-0.39, 0.29) is 18.1 Å². The Morgan fingerprint density at radius 2 is 1.80 bits per heavy atom. The number of thioether (sulfide) groups is 1. The van der Waals surface area contributed by atoms with Crippen molar-refractivity contribution in [1.82, 2.24) is 10.2 Å². The molecule has 142 valence electrons. The van der Waals surface area contributed by atoms with Gasteiger partial charge in [0.05, 0.1) is 5.75 Å². The molecule has 0 bridgehead atoms. The Balaban J connectivity index is 4.34. The van der Waals surface area contributed by atoms with Crippen molar-refractivity contribution in [3.8, 4) is 0 Å². The molecule has 0 aromatic heterocycles. The van der Waals surface area contributed by atoms with Gasteiger partial charge in [-0.3, -0.25) is 4.79 Å². The lowest BCUT2D eigenvalue weighted by molar-refractivity contribution is -0.139. The second-order valence-corrected chi connectivity index (χ2v) is 7.36. The highest BCUT2D eigenvalue weighted by atomic mass is 32.2. The van der Waals surface area contributed by atoms with Crippen molar-refractivity contribution in [2.24, 2.45) is 0 Å². The minimum Gasteiger partial charge on any atom is -0.480 e. The molecule has 0 saturated heterocycles. The zero-order valence-corrected chi connectivity index (χ0v) is 15.9. The molecule has 1 unspecified atom stereocenters. The number of nitrogens with one attached hydrogen (secondary N) is 1. The Hall–Kier alpha value is -1.96. The van der Waals surface area contributed by atoms with Crippen molar-refractivity contribution >= 4 is 29.7 Å². The highest BCUT2D eigenvalue weighted by Crippen LogP contribution is 2.10. The maximum Gasteiger partial charge on any atom is 0.408 e. The number of rotatable bonds is 11. The Kier molecular flexibility index (Phi) is 10.7. The SMILES string of the molecule is C=CCN(CC=C)C(=O)CSCCC(NC(=O)OC(C)(C)C)C(=O)O. The minimum absolute atomic E-state index is 0.0724. The number of amides is 2. The molecule has 0 fully saturated rings. The predicted octanol–water partition coefficient (Wildman–Crippen LogP) is 2.29. The van der Waals surface area contributed by atoms with E-state index in [0.29, 0.717) is 18.8 Å². The summed E-state index contributed by atoms with van der Waals surface area (Å²) in [7, 11) is 0. The first-order valence-electron chi connectivity index (χ1n) is 7.90. The molecule has 0 aliphatic carbocycles. The van der Waals surface area contributed by atoms with Gasteiger partial charge in [0.1, 0.15) is 11.6 Å². The van der Waals surface area contributed by atoms with Crippen molar-refractivity contribution in [3.05, 3.63) is 25.3 Å². The van der Waals surface area contributed by atoms with Gasteiger partial charge in [-0.25, -0.2) is 9.59 Å². The highest BCUT2D eigenvalue weighted by Gasteiger charge is 2.23. The molecule has 2 amide bonds. The van der Waals surface area contributed by atoms with Crippen molar-refractivity contribution in [2.45, 2.75) is 38.8 Å². The molecule has 0 heterocycles. The van der Waals surface area contributed by atoms with Crippen molar-refractivity contribution in [3.63, 3.8) is 0 Å². The number of hydrogen-bond acceptors (Lipinski definition) is 5. The average Bonchev–Trinajstić information content (AvgIpc) is 2.47. The van der Waals surface area contributed by atoms with Crippen LogP contribution in [0.3, 0.4) is 0 Å². The average molecular weight is 372 g/mol. The predicted molar refractivity (Wildman–Crippen MR) is 99.7 cm³/mol. The Bertz CT molecular complexity index is 478. The van der Waals surface area contributed by atoms with Crippen molar-refractivity contribution in [1.29, 1.82) is 0 Å². The van der Waals surface area contributed by atoms with E-state index in [2.05, 4.69) is 18.5 Å². The molecule has 0 rings (SSSR count). The Morgan fingerprint density at radius 3 is 2.24 bits per heavy atom. The summed E-state index contributed by atoms with van der Waals surface area (Å²) in [6.45, 7) is 13.2. The van der Waals surface area contributed by atoms with E-state index in [0.717, 1.165) is 0 Å². The van der Waals surface area contributed by atoms with Crippen LogP contribution in [0.1, 0.15) is 27.2 Å². The molecule has 7 nitrogen and oxygen atoms in total. The molecule has 0 saturated carbocycles. The summed E-state index contributed by atoms with van der Waals surface area (Å²) >= 11 is 1.31. The van der Waals surface area contributed by atoms with Gasteiger partial charge in [0, 0.05) is 13.1 Å². The van der Waals surface area contributed by atoms with Gasteiger partial charge >= 0.3 is 12.1 Å². The van der Waals surface area contributed by atoms with E-state index >= 15 is 0 Å². The van der Waals surface area contributed by atoms with E-state index in [1.54, 1.807) is 37.8 Å². The number of nitrogens with zero attached hydrogens (tertiary/aromatic N) is 1. The van der Waals surface area contributed by atoms with Gasteiger partial charge in [-0.1, -0.05) is 12.2 Å². The second kappa shape index (κ2) is 11.6. The number of carboxylic acid groups (broad SMARTS) is 1. The quantitative estimate of drug-likeness (QED) is 0.427. The van der Waals surface area contributed by atoms with Crippen LogP contribution < -0.4 is 5.32 Å². The fourth-order valence-corrected chi connectivity index (χ4v) is 2.65. The number of alkyl carbamates (subject to hydrolysis) is 1. The van der Waals surface area contributed by atoms with Gasteiger partial charge in [0.2, 0.25) is 5.91 Å². The molecule has 1 atom stereocenters. The minimum atomic E-state index is -1.14. The Morgan fingerprint density at radius 1 is 1.24 bits per heavy atom. The zero-order chi connectivity index (χ0) is 19.5. The monoisotopic (exact) mass is 372 g/mol. The van der Waals surface area contributed by atoms with Gasteiger partial charge < -0.3 is 20.1 Å². The van der Waals surface area contributed by atoms with E-state index in [9.17, 15) is 19.5 Å². The van der Waals surface area contributed by atoms with E-state index in [4.69, 9.17) is 4.74 Å². The maximum absolute atomic E-state index is 12.0. The molecule has 0 aliphatic rings. The van der Waals surface area contributed by atoms with Crippen LogP contribution in [0, 0.1) is 0 Å². The number of carbonyl (C=O) groups is 3. The summed E-state index contributed by atoms with van der Waals surface area (Å²) in [5, 5.41) is 11.5. The molecule has 25 heavy (non-hydrogen) atoms. The number of carboxylic acids is 1. The van der Waals surface area contributed by atoms with Crippen molar-refractivity contribution < 1.29 is 24.2 Å². The Labute approximate surface area is 153 Å². The fraction of sp³-hybridized carbons (Fsp3) is 0.588. The van der Waals surface area contributed by atoms with Gasteiger partial charge in [-0.2, -0.15) is 11.8 Å². The first-order chi connectivity index (χ1) is 11.6. The maximum atomic E-state index is 12.0. The second-order valence-electron chi connectivity index (χ2n) is 6.25. The lowest BCUT2D eigenvalue weighted by Gasteiger charge is -2.22. The molecule has 8 heteroatoms. The van der Waals surface area contributed by atoms with Crippen molar-refractivity contribution in [2.75, 3.05) is 24.6 Å². The molecule has 0 aromatic rings. The van der Waals surface area contributed by atoms with Crippen LogP contribution in [-0.2, 0) is 14.3 Å². The third-order valence-corrected chi connectivity index (χ3v) is 3.79. The largest absolute Gasteiger partial charge is 0.480 e. The lowest BCUT2D eigenvalue weighted by Crippen LogP contribution is -2.43. The lowest BCUT2D eigenvalue weighted by atomic mass is 10.2. The van der Waals surface area contributed by atoms with E-state index < -0.39 is 23.7 Å². The molecule has 2 N–H and O–H groups in total. The van der Waals surface area contributed by atoms with Crippen LogP contribution in [0.15, 0.2) is 25.3 Å². The van der Waals surface area contributed by atoms with Crippen LogP contribution in [-0.4, -0.2) is 64.2 Å². The molecule has 0 spiro atoms. The summed E-state index contributed by atoms with van der Waals surface area (Å²) < 4.78 is 5.05. The van der Waals surface area contributed by atoms with Crippen LogP contribution in [0.25, 0.3) is 0 Å². The third kappa shape index (κ3) is 11.3. The summed E-state index contributed by atoms with van der Waals surface area (Å²) in [4.78, 5) is 36.5. The van der Waals surface area contributed by atoms with Crippen LogP contribution in [0.4, 0.5) is 4.79 Å². The van der Waals surface area contributed by atoms with Gasteiger partial charge in [0.25, 0.3) is 0 Å². The number of aliphatic carboxylic acids is 1. The molecular weight excluding hydrogens is 344 g/mol. The first-order valence-corrected chi connectivity index (χ1v) is 9.05. The van der Waals surface area contributed by atoms with Crippen LogP contribution in [0.2, 0.25) is 0 Å². The van der Waals surface area contributed by atoms with E-state index in [1.807, 2.05) is 0 Å². The van der Waals surface area contributed by atoms with Crippen LogP contribution in [0.5, 0.6) is 0 Å². The summed E-state index contributed by atoms with van der Waals surface area (Å²) in [5.74, 6) is -0.580. The standard InChI is InChI=1S/C17H28N2O5S/c1-6-9-19(10-7-2)14(20)12-25-11-8-13(15(21)22)18-16(23)24-17(3,4)5/h6-7,13H,1-2,8-12H2,3-5H3,(H,18,23)(H,21,22). The topological polar surface area (TPSA) is 95.9 Å². The van der Waals surface area contributed by atoms with E-state index in [1.165, 1.54) is 11.8 Å². The highest BCUT2D eigenvalue weighted by molar-refractivity contribution is 7.99. The summed E-state index contributed by atoms with van der Waals surface area (Å²) in [5.41, 5.74) is -0.700. The molecule has 0 radical (unpaired) electrons. The zero-order valence-electron chi connectivity index (χ0n) is 15.1. The van der Waals surface area contributed by atoms with Gasteiger partial charge in [0.15, 0.2) is 0 Å². The van der Waals surface area contributed by atoms with Gasteiger partial charge in [-0.05, 0) is 32.9 Å². The smallest absolute Gasteiger partial charge is 0.408 e. The summed E-state index contributed by atoms with van der Waals surface area (Å²) in [6, 6.07) is -1.06. The molecular formula is C17H28N2O5S.